The van der Waals surface area contributed by atoms with Crippen molar-refractivity contribution in [2.24, 2.45) is 0 Å². The highest BCUT2D eigenvalue weighted by molar-refractivity contribution is 5.94. The molecule has 1 aliphatic rings. The first-order chi connectivity index (χ1) is 17.7. The van der Waals surface area contributed by atoms with E-state index in [0.29, 0.717) is 6.42 Å². The van der Waals surface area contributed by atoms with Crippen molar-refractivity contribution in [3.8, 4) is 11.1 Å². The molecule has 1 N–H and O–H groups in total. The van der Waals surface area contributed by atoms with Crippen molar-refractivity contribution < 1.29 is 14.3 Å². The van der Waals surface area contributed by atoms with Crippen molar-refractivity contribution in [2.45, 2.75) is 65.4 Å². The van der Waals surface area contributed by atoms with Crippen LogP contribution in [0.2, 0.25) is 0 Å². The lowest BCUT2D eigenvalue weighted by atomic mass is 9.89. The van der Waals surface area contributed by atoms with E-state index in [1.165, 1.54) is 5.56 Å². The second-order valence-corrected chi connectivity index (χ2v) is 10.1. The van der Waals surface area contributed by atoms with E-state index < -0.39 is 6.09 Å². The summed E-state index contributed by atoms with van der Waals surface area (Å²) in [7, 11) is 2.11. The lowest BCUT2D eigenvalue weighted by molar-refractivity contribution is -0.117. The van der Waals surface area contributed by atoms with Crippen LogP contribution in [0.4, 0.5) is 10.5 Å². The van der Waals surface area contributed by atoms with Gasteiger partial charge in [0.1, 0.15) is 0 Å². The van der Waals surface area contributed by atoms with E-state index in [4.69, 9.17) is 4.74 Å². The van der Waals surface area contributed by atoms with Crippen LogP contribution in [0.3, 0.4) is 0 Å². The average molecular weight is 504 g/mol. The number of alkyl carbamates (subject to hydrolysis) is 1. The largest absolute Gasteiger partial charge is 0.447 e. The summed E-state index contributed by atoms with van der Waals surface area (Å²) in [6.45, 7) is 9.75. The third-order valence-corrected chi connectivity index (χ3v) is 6.63. The third kappa shape index (κ3) is 6.57. The number of hydrogen-bond donors (Lipinski definition) is 1. The molecule has 8 nitrogen and oxygen atoms in total. The Kier molecular flexibility index (Phi) is 8.28. The maximum atomic E-state index is 12.4. The fraction of sp³-hybridized carbons (Fsp3) is 0.414. The Bertz CT molecular complexity index is 1220. The summed E-state index contributed by atoms with van der Waals surface area (Å²) in [4.78, 5) is 28.9. The molecule has 0 saturated heterocycles. The fourth-order valence-corrected chi connectivity index (χ4v) is 4.93. The first-order valence-electron chi connectivity index (χ1n) is 12.9. The molecule has 0 radical (unpaired) electrons. The molecule has 0 unspecified atom stereocenters. The van der Waals surface area contributed by atoms with E-state index in [-0.39, 0.29) is 24.1 Å². The number of nitrogens with zero attached hydrogens (tertiary/aromatic N) is 4. The number of hydrogen-bond acceptors (Lipinski definition) is 5. The molecule has 0 spiro atoms. The highest BCUT2D eigenvalue weighted by Crippen LogP contribution is 2.39. The number of carbonyl (C=O) groups excluding carboxylic acids is 2. The number of aromatic nitrogens is 2. The van der Waals surface area contributed by atoms with Crippen LogP contribution in [0, 0.1) is 0 Å². The summed E-state index contributed by atoms with van der Waals surface area (Å²) in [5, 5.41) is 7.58. The van der Waals surface area contributed by atoms with Gasteiger partial charge in [0.15, 0.2) is 0 Å². The molecule has 196 valence electrons. The zero-order valence-electron chi connectivity index (χ0n) is 22.3. The van der Waals surface area contributed by atoms with Crippen molar-refractivity contribution in [3.05, 3.63) is 72.1 Å². The number of amides is 2. The van der Waals surface area contributed by atoms with Crippen LogP contribution in [0.25, 0.3) is 11.1 Å². The number of rotatable bonds is 8. The van der Waals surface area contributed by atoms with Gasteiger partial charge >= 0.3 is 6.09 Å². The Balaban J connectivity index is 1.51. The van der Waals surface area contributed by atoms with Crippen molar-refractivity contribution >= 4 is 17.7 Å². The van der Waals surface area contributed by atoms with Crippen LogP contribution < -0.4 is 10.2 Å². The minimum atomic E-state index is -0.452. The van der Waals surface area contributed by atoms with Gasteiger partial charge in [-0.1, -0.05) is 36.4 Å². The molecule has 0 saturated carbocycles. The van der Waals surface area contributed by atoms with Gasteiger partial charge < -0.3 is 19.9 Å². The highest BCUT2D eigenvalue weighted by atomic mass is 16.6. The minimum absolute atomic E-state index is 0.0165. The topological polar surface area (TPSA) is 79.7 Å². The summed E-state index contributed by atoms with van der Waals surface area (Å²) in [5.74, 6) is -0.0165. The third-order valence-electron chi connectivity index (χ3n) is 6.63. The van der Waals surface area contributed by atoms with Crippen LogP contribution in [0.5, 0.6) is 0 Å². The summed E-state index contributed by atoms with van der Waals surface area (Å²) in [6, 6.07) is 16.2. The van der Waals surface area contributed by atoms with Gasteiger partial charge in [-0.2, -0.15) is 5.10 Å². The Labute approximate surface area is 219 Å². The molecule has 4 rings (SSSR count). The first kappa shape index (κ1) is 26.4. The van der Waals surface area contributed by atoms with Crippen molar-refractivity contribution in [2.75, 3.05) is 18.5 Å². The molecule has 1 aliphatic heterocycles. The van der Waals surface area contributed by atoms with Crippen LogP contribution >= 0.6 is 0 Å². The maximum Gasteiger partial charge on any atom is 0.407 e. The molecule has 0 bridgehead atoms. The molecule has 2 amide bonds. The lowest BCUT2D eigenvalue weighted by Crippen LogP contribution is -2.45. The van der Waals surface area contributed by atoms with Gasteiger partial charge in [-0.15, -0.1) is 0 Å². The van der Waals surface area contributed by atoms with Crippen LogP contribution in [-0.4, -0.2) is 52.4 Å². The van der Waals surface area contributed by atoms with Gasteiger partial charge in [-0.05, 0) is 63.1 Å². The SMILES string of the molecule is CC(=O)N1c2ccc(-c3cnn(CCN(C)Cc4ccccc4)c3)cc2[C@H](NC(=O)OC(C)C)C[C@@H]1C. The standard InChI is InChI=1S/C29H37N5O3/c1-20(2)37-29(36)31-27-15-21(3)34(22(4)35)28-12-11-24(16-26(27)28)25-17-30-33(19-25)14-13-32(5)18-23-9-7-6-8-10-23/h6-12,16-17,19-21,27H,13-15,18H2,1-5H3,(H,31,36)/t21-,27+/m0/s1. The minimum Gasteiger partial charge on any atom is -0.447 e. The molecule has 1 aromatic heterocycles. The highest BCUT2D eigenvalue weighted by Gasteiger charge is 2.33. The molecule has 0 fully saturated rings. The van der Waals surface area contributed by atoms with Gasteiger partial charge in [0.25, 0.3) is 0 Å². The molecule has 8 heteroatoms. The Morgan fingerprint density at radius 3 is 2.62 bits per heavy atom. The van der Waals surface area contributed by atoms with Gasteiger partial charge in [0, 0.05) is 43.5 Å². The summed E-state index contributed by atoms with van der Waals surface area (Å²) >= 11 is 0. The quantitative estimate of drug-likeness (QED) is 0.468. The van der Waals surface area contributed by atoms with Crippen LogP contribution in [0.1, 0.15) is 51.3 Å². The number of fused-ring (bicyclic) bond motifs is 1. The molecule has 0 aliphatic carbocycles. The van der Waals surface area contributed by atoms with Gasteiger partial charge in [-0.25, -0.2) is 4.79 Å². The normalized spacial score (nSPS) is 17.1. The van der Waals surface area contributed by atoms with Crippen molar-refractivity contribution in [3.63, 3.8) is 0 Å². The Morgan fingerprint density at radius 2 is 1.92 bits per heavy atom. The second-order valence-electron chi connectivity index (χ2n) is 10.1. The molecule has 2 heterocycles. The predicted octanol–water partition coefficient (Wildman–Crippen LogP) is 5.00. The first-order valence-corrected chi connectivity index (χ1v) is 12.9. The van der Waals surface area contributed by atoms with Crippen LogP contribution in [0.15, 0.2) is 60.9 Å². The summed E-state index contributed by atoms with van der Waals surface area (Å²) in [6.07, 6.45) is 3.85. The van der Waals surface area contributed by atoms with E-state index in [0.717, 1.165) is 42.0 Å². The number of benzene rings is 2. The van der Waals surface area contributed by atoms with Gasteiger partial charge in [-0.3, -0.25) is 9.48 Å². The molecule has 37 heavy (non-hydrogen) atoms. The van der Waals surface area contributed by atoms with Crippen molar-refractivity contribution in [1.82, 2.24) is 20.0 Å². The Morgan fingerprint density at radius 1 is 1.16 bits per heavy atom. The van der Waals surface area contributed by atoms with E-state index in [1.54, 1.807) is 11.8 Å². The van der Waals surface area contributed by atoms with E-state index in [1.807, 2.05) is 56.0 Å². The molecular formula is C29H37N5O3. The molecule has 2 atom stereocenters. The summed E-state index contributed by atoms with van der Waals surface area (Å²) in [5.41, 5.74) is 4.99. The molecule has 3 aromatic rings. The smallest absolute Gasteiger partial charge is 0.407 e. The van der Waals surface area contributed by atoms with E-state index >= 15 is 0 Å². The summed E-state index contributed by atoms with van der Waals surface area (Å²) < 4.78 is 7.29. The van der Waals surface area contributed by atoms with E-state index in [9.17, 15) is 9.59 Å². The monoisotopic (exact) mass is 503 g/mol. The van der Waals surface area contributed by atoms with E-state index in [2.05, 4.69) is 52.7 Å². The van der Waals surface area contributed by atoms with Gasteiger partial charge in [0.05, 0.1) is 24.9 Å². The number of anilines is 1. The van der Waals surface area contributed by atoms with Crippen molar-refractivity contribution in [1.29, 1.82) is 0 Å². The average Bonchev–Trinajstić information content (AvgIpc) is 3.31. The zero-order chi connectivity index (χ0) is 26.5. The Hall–Kier alpha value is -3.65. The second kappa shape index (κ2) is 11.6. The lowest BCUT2D eigenvalue weighted by Gasteiger charge is -2.39. The zero-order valence-corrected chi connectivity index (χ0v) is 22.3. The number of nitrogens with one attached hydrogen (secondary N) is 1. The predicted molar refractivity (Wildman–Crippen MR) is 145 cm³/mol. The number of carbonyl (C=O) groups is 2. The molecule has 2 aromatic carbocycles. The van der Waals surface area contributed by atoms with Gasteiger partial charge in [0.2, 0.25) is 5.91 Å². The molecular weight excluding hydrogens is 466 g/mol. The number of ether oxygens (including phenoxy) is 1. The maximum absolute atomic E-state index is 12.4. The van der Waals surface area contributed by atoms with Crippen LogP contribution in [-0.2, 0) is 22.6 Å². The number of likely N-dealkylation sites (N-methyl/N-ethyl adjacent to an activating group) is 1. The fourth-order valence-electron chi connectivity index (χ4n) is 4.93.